The Morgan fingerprint density at radius 3 is 2.72 bits per heavy atom. The summed E-state index contributed by atoms with van der Waals surface area (Å²) in [6.45, 7) is 4.60. The van der Waals surface area contributed by atoms with Gasteiger partial charge in [0.25, 0.3) is 0 Å². The Kier molecular flexibility index (Phi) is 3.45. The van der Waals surface area contributed by atoms with E-state index < -0.39 is 0 Å². The van der Waals surface area contributed by atoms with Crippen LogP contribution in [0.25, 0.3) is 0 Å². The van der Waals surface area contributed by atoms with Gasteiger partial charge in [-0.15, -0.1) is 11.8 Å². The van der Waals surface area contributed by atoms with Gasteiger partial charge in [0, 0.05) is 22.2 Å². The van der Waals surface area contributed by atoms with E-state index in [4.69, 9.17) is 10.7 Å². The van der Waals surface area contributed by atoms with Crippen LogP contribution in [-0.4, -0.2) is 26.2 Å². The minimum atomic E-state index is 0.430. The van der Waals surface area contributed by atoms with Crippen LogP contribution in [-0.2, 0) is 0 Å². The first kappa shape index (κ1) is 12.6. The van der Waals surface area contributed by atoms with Crippen molar-refractivity contribution in [3.05, 3.63) is 17.7 Å². The Morgan fingerprint density at radius 2 is 2.06 bits per heavy atom. The molecule has 3 unspecified atom stereocenters. The summed E-state index contributed by atoms with van der Waals surface area (Å²) >= 11 is 4.04. The Balaban J connectivity index is 1.81. The molecule has 0 aromatic carbocycles. The summed E-state index contributed by atoms with van der Waals surface area (Å²) in [4.78, 5) is 9.21. The molecular formula is C13H19N3S2. The van der Waals surface area contributed by atoms with Crippen molar-refractivity contribution in [2.45, 2.75) is 48.4 Å². The van der Waals surface area contributed by atoms with Crippen LogP contribution in [0.15, 0.2) is 6.20 Å². The lowest BCUT2D eigenvalue weighted by Gasteiger charge is -2.30. The summed E-state index contributed by atoms with van der Waals surface area (Å²) in [5.74, 6) is 2.70. The first-order chi connectivity index (χ1) is 8.65. The van der Waals surface area contributed by atoms with E-state index in [-0.39, 0.29) is 0 Å². The van der Waals surface area contributed by atoms with Crippen molar-refractivity contribution in [2.75, 3.05) is 11.5 Å². The van der Waals surface area contributed by atoms with Crippen molar-refractivity contribution in [3.63, 3.8) is 0 Å². The number of thioether (sulfide) groups is 2. The third kappa shape index (κ3) is 2.48. The highest BCUT2D eigenvalue weighted by molar-refractivity contribution is 8.07. The number of hydrogen-bond acceptors (Lipinski definition) is 5. The number of nitrogens with zero attached hydrogens (tertiary/aromatic N) is 2. The van der Waals surface area contributed by atoms with E-state index >= 15 is 0 Å². The number of anilines is 1. The fraction of sp³-hybridized carbons (Fsp3) is 0.692. The normalized spacial score (nSPS) is 32.4. The van der Waals surface area contributed by atoms with Crippen molar-refractivity contribution in [1.82, 2.24) is 9.97 Å². The predicted octanol–water partition coefficient (Wildman–Crippen LogP) is 3.23. The molecule has 0 bridgehead atoms. The second-order valence-electron chi connectivity index (χ2n) is 5.21. The Labute approximate surface area is 117 Å². The standard InChI is InChI=1S/C13H19N3S2/c1-7-8(2)18-11(6-17-7)13-15-5-10(14)12(16-13)9-3-4-9/h5,7-9,11H,3-4,6,14H2,1-2H3. The van der Waals surface area contributed by atoms with E-state index in [0.29, 0.717) is 16.4 Å². The topological polar surface area (TPSA) is 51.8 Å². The molecule has 1 saturated carbocycles. The average Bonchev–Trinajstić information content (AvgIpc) is 3.18. The van der Waals surface area contributed by atoms with E-state index in [1.807, 2.05) is 29.7 Å². The fourth-order valence-electron chi connectivity index (χ4n) is 2.18. The van der Waals surface area contributed by atoms with E-state index in [2.05, 4.69) is 18.8 Å². The lowest BCUT2D eigenvalue weighted by molar-refractivity contribution is 0.841. The molecular weight excluding hydrogens is 262 g/mol. The number of hydrogen-bond donors (Lipinski definition) is 1. The molecule has 1 aliphatic carbocycles. The molecule has 2 heterocycles. The predicted molar refractivity (Wildman–Crippen MR) is 80.1 cm³/mol. The number of nitrogens with two attached hydrogens (primary N) is 1. The monoisotopic (exact) mass is 281 g/mol. The molecule has 1 aromatic heterocycles. The molecule has 0 radical (unpaired) electrons. The van der Waals surface area contributed by atoms with E-state index in [0.717, 1.165) is 28.2 Å². The summed E-state index contributed by atoms with van der Waals surface area (Å²) in [6.07, 6.45) is 4.28. The van der Waals surface area contributed by atoms with Gasteiger partial charge in [-0.1, -0.05) is 13.8 Å². The van der Waals surface area contributed by atoms with Gasteiger partial charge < -0.3 is 5.73 Å². The van der Waals surface area contributed by atoms with Crippen molar-refractivity contribution in [2.24, 2.45) is 0 Å². The molecule has 0 amide bonds. The number of aromatic nitrogens is 2. The van der Waals surface area contributed by atoms with Gasteiger partial charge in [0.15, 0.2) is 0 Å². The van der Waals surface area contributed by atoms with Crippen LogP contribution in [0, 0.1) is 0 Å². The summed E-state index contributed by atoms with van der Waals surface area (Å²) < 4.78 is 0. The van der Waals surface area contributed by atoms with Crippen LogP contribution in [0.5, 0.6) is 0 Å². The molecule has 3 atom stereocenters. The molecule has 3 rings (SSSR count). The maximum atomic E-state index is 5.97. The number of rotatable bonds is 2. The van der Waals surface area contributed by atoms with Gasteiger partial charge in [-0.25, -0.2) is 9.97 Å². The molecule has 18 heavy (non-hydrogen) atoms. The molecule has 1 aromatic rings. The van der Waals surface area contributed by atoms with Crippen LogP contribution >= 0.6 is 23.5 Å². The first-order valence-electron chi connectivity index (χ1n) is 6.54. The highest BCUT2D eigenvalue weighted by atomic mass is 32.2. The van der Waals surface area contributed by atoms with Crippen molar-refractivity contribution >= 4 is 29.2 Å². The van der Waals surface area contributed by atoms with Gasteiger partial charge in [-0.05, 0) is 12.8 Å². The van der Waals surface area contributed by atoms with Gasteiger partial charge in [0.1, 0.15) is 5.82 Å². The van der Waals surface area contributed by atoms with Gasteiger partial charge >= 0.3 is 0 Å². The minimum Gasteiger partial charge on any atom is -0.396 e. The molecule has 1 saturated heterocycles. The summed E-state index contributed by atoms with van der Waals surface area (Å²) in [5.41, 5.74) is 7.84. The molecule has 2 fully saturated rings. The van der Waals surface area contributed by atoms with Crippen LogP contribution in [0.4, 0.5) is 5.69 Å². The first-order valence-corrected chi connectivity index (χ1v) is 8.53. The maximum Gasteiger partial charge on any atom is 0.142 e. The Morgan fingerprint density at radius 1 is 1.28 bits per heavy atom. The molecule has 1 aliphatic heterocycles. The summed E-state index contributed by atoms with van der Waals surface area (Å²) in [5, 5.41) is 1.82. The highest BCUT2D eigenvalue weighted by Gasteiger charge is 2.31. The second kappa shape index (κ2) is 4.93. The SMILES string of the molecule is CC1SCC(c2ncc(N)c(C3CC3)n2)SC1C. The summed E-state index contributed by atoms with van der Waals surface area (Å²) in [6, 6.07) is 0. The lowest BCUT2D eigenvalue weighted by atomic mass is 10.2. The maximum absolute atomic E-state index is 5.97. The second-order valence-corrected chi connectivity index (χ2v) is 8.21. The van der Waals surface area contributed by atoms with Gasteiger partial charge in [0.2, 0.25) is 0 Å². The van der Waals surface area contributed by atoms with E-state index in [1.54, 1.807) is 0 Å². The molecule has 2 aliphatic rings. The van der Waals surface area contributed by atoms with Crippen molar-refractivity contribution in [3.8, 4) is 0 Å². The van der Waals surface area contributed by atoms with Crippen molar-refractivity contribution < 1.29 is 0 Å². The third-order valence-electron chi connectivity index (χ3n) is 3.67. The van der Waals surface area contributed by atoms with Crippen LogP contribution in [0.1, 0.15) is 49.4 Å². The Bertz CT molecular complexity index is 448. The largest absolute Gasteiger partial charge is 0.396 e. The van der Waals surface area contributed by atoms with Gasteiger partial charge in [-0.2, -0.15) is 11.8 Å². The lowest BCUT2D eigenvalue weighted by Crippen LogP contribution is -2.23. The zero-order valence-corrected chi connectivity index (χ0v) is 12.4. The van der Waals surface area contributed by atoms with Gasteiger partial charge in [-0.3, -0.25) is 0 Å². The van der Waals surface area contributed by atoms with Crippen LogP contribution in [0.3, 0.4) is 0 Å². The van der Waals surface area contributed by atoms with Crippen LogP contribution < -0.4 is 5.73 Å². The zero-order valence-electron chi connectivity index (χ0n) is 10.8. The smallest absolute Gasteiger partial charge is 0.142 e. The van der Waals surface area contributed by atoms with E-state index in [9.17, 15) is 0 Å². The highest BCUT2D eigenvalue weighted by Crippen LogP contribution is 2.45. The zero-order chi connectivity index (χ0) is 12.7. The molecule has 2 N–H and O–H groups in total. The van der Waals surface area contributed by atoms with E-state index in [1.165, 1.54) is 12.8 Å². The number of nitrogen functional groups attached to an aromatic ring is 1. The Hall–Kier alpha value is -0.420. The molecule has 98 valence electrons. The molecule has 0 spiro atoms. The average molecular weight is 281 g/mol. The third-order valence-corrected chi connectivity index (χ3v) is 7.06. The van der Waals surface area contributed by atoms with Gasteiger partial charge in [0.05, 0.1) is 22.8 Å². The molecule has 3 nitrogen and oxygen atoms in total. The van der Waals surface area contributed by atoms with Crippen LogP contribution in [0.2, 0.25) is 0 Å². The molecule has 5 heteroatoms. The minimum absolute atomic E-state index is 0.430. The quantitative estimate of drug-likeness (QED) is 0.902. The summed E-state index contributed by atoms with van der Waals surface area (Å²) in [7, 11) is 0. The fourth-order valence-corrected chi connectivity index (χ4v) is 5.03. The van der Waals surface area contributed by atoms with Crippen molar-refractivity contribution in [1.29, 1.82) is 0 Å².